The van der Waals surface area contributed by atoms with Crippen LogP contribution in [-0.4, -0.2) is 25.9 Å². The molecule has 26 heavy (non-hydrogen) atoms. The second-order valence-corrected chi connectivity index (χ2v) is 5.85. The molecule has 2 heterocycles. The summed E-state index contributed by atoms with van der Waals surface area (Å²) < 4.78 is 8.90. The molecule has 0 unspecified atom stereocenters. The number of hydrogen-bond donors (Lipinski definition) is 0. The maximum absolute atomic E-state index is 12.9. The van der Waals surface area contributed by atoms with Crippen molar-refractivity contribution in [3.8, 4) is 11.4 Å². The fourth-order valence-corrected chi connectivity index (χ4v) is 2.93. The van der Waals surface area contributed by atoms with E-state index in [-0.39, 0.29) is 5.56 Å². The molecule has 0 bridgehead atoms. The number of hydrogen-bond acceptors (Lipinski definition) is 4. The van der Waals surface area contributed by atoms with Crippen molar-refractivity contribution < 1.29 is 4.74 Å². The van der Waals surface area contributed by atoms with Crippen molar-refractivity contribution >= 4 is 11.0 Å². The van der Waals surface area contributed by atoms with Crippen LogP contribution in [-0.2, 0) is 6.54 Å². The Bertz CT molecular complexity index is 1100. The van der Waals surface area contributed by atoms with E-state index >= 15 is 0 Å². The van der Waals surface area contributed by atoms with Gasteiger partial charge in [0, 0.05) is 5.56 Å². The van der Waals surface area contributed by atoms with Crippen molar-refractivity contribution in [3.05, 3.63) is 83.0 Å². The zero-order valence-corrected chi connectivity index (χ0v) is 14.4. The van der Waals surface area contributed by atoms with E-state index < -0.39 is 0 Å². The van der Waals surface area contributed by atoms with Crippen LogP contribution in [0.3, 0.4) is 0 Å². The van der Waals surface area contributed by atoms with E-state index in [0.29, 0.717) is 24.2 Å². The molecule has 6 heteroatoms. The lowest BCUT2D eigenvalue weighted by atomic mass is 10.2. The van der Waals surface area contributed by atoms with Gasteiger partial charge in [-0.05, 0) is 25.1 Å². The molecule has 6 nitrogen and oxygen atoms in total. The van der Waals surface area contributed by atoms with Crippen LogP contribution in [0.4, 0.5) is 0 Å². The first kappa shape index (κ1) is 16.1. The van der Waals surface area contributed by atoms with Gasteiger partial charge in [0.2, 0.25) is 0 Å². The van der Waals surface area contributed by atoms with Gasteiger partial charge in [0.15, 0.2) is 5.65 Å². The molecule has 0 aliphatic heterocycles. The van der Waals surface area contributed by atoms with Gasteiger partial charge in [-0.1, -0.05) is 36.4 Å². The molecule has 0 saturated heterocycles. The lowest BCUT2D eigenvalue weighted by molar-refractivity contribution is 0.335. The van der Waals surface area contributed by atoms with Crippen LogP contribution in [0.2, 0.25) is 0 Å². The molecule has 0 aliphatic rings. The summed E-state index contributed by atoms with van der Waals surface area (Å²) >= 11 is 0. The predicted octanol–water partition coefficient (Wildman–Crippen LogP) is 3.03. The zero-order chi connectivity index (χ0) is 17.9. The summed E-state index contributed by atoms with van der Waals surface area (Å²) in [6.07, 6.45) is 3.14. The molecule has 0 amide bonds. The summed E-state index contributed by atoms with van der Waals surface area (Å²) in [5, 5.41) is 4.83. The van der Waals surface area contributed by atoms with Gasteiger partial charge in [0.25, 0.3) is 5.56 Å². The number of aromatic nitrogens is 4. The van der Waals surface area contributed by atoms with E-state index in [0.717, 1.165) is 17.0 Å². The maximum Gasteiger partial charge on any atom is 0.264 e. The Morgan fingerprint density at radius 3 is 2.62 bits per heavy atom. The molecule has 2 aromatic heterocycles. The monoisotopic (exact) mass is 346 g/mol. The molecule has 0 spiro atoms. The van der Waals surface area contributed by atoms with Crippen LogP contribution in [0.15, 0.2) is 71.9 Å². The third-order valence-electron chi connectivity index (χ3n) is 4.17. The highest BCUT2D eigenvalue weighted by atomic mass is 16.5. The Morgan fingerprint density at radius 1 is 1.04 bits per heavy atom. The Balaban J connectivity index is 1.75. The highest BCUT2D eigenvalue weighted by Crippen LogP contribution is 2.19. The number of fused-ring (bicyclic) bond motifs is 1. The SMILES string of the molecule is CCOc1ccccc1Cn1cnc2c(cnn2-c2ccccc2)c1=O. The van der Waals surface area contributed by atoms with E-state index in [1.807, 2.05) is 61.5 Å². The molecular formula is C20H18N4O2. The summed E-state index contributed by atoms with van der Waals surface area (Å²) in [7, 11) is 0. The van der Waals surface area contributed by atoms with Gasteiger partial charge in [-0.25, -0.2) is 9.67 Å². The lowest BCUT2D eigenvalue weighted by Crippen LogP contribution is -2.21. The molecule has 0 aliphatic carbocycles. The standard InChI is InChI=1S/C20H18N4O2/c1-2-26-18-11-7-6-8-15(18)13-23-14-21-19-17(20(23)25)12-22-24(19)16-9-4-3-5-10-16/h3-12,14H,2,13H2,1H3. The molecule has 0 N–H and O–H groups in total. The van der Waals surface area contributed by atoms with Crippen molar-refractivity contribution in [2.45, 2.75) is 13.5 Å². The molecule has 0 atom stereocenters. The van der Waals surface area contributed by atoms with Crippen molar-refractivity contribution in [1.82, 2.24) is 19.3 Å². The van der Waals surface area contributed by atoms with Crippen molar-refractivity contribution in [2.75, 3.05) is 6.61 Å². The van der Waals surface area contributed by atoms with Gasteiger partial charge in [0.05, 0.1) is 25.0 Å². The molecule has 4 rings (SSSR count). The van der Waals surface area contributed by atoms with E-state index in [4.69, 9.17) is 4.74 Å². The molecule has 2 aromatic carbocycles. The van der Waals surface area contributed by atoms with Gasteiger partial charge in [-0.3, -0.25) is 9.36 Å². The third kappa shape index (κ3) is 2.86. The van der Waals surface area contributed by atoms with Crippen LogP contribution in [0.25, 0.3) is 16.7 Å². The third-order valence-corrected chi connectivity index (χ3v) is 4.17. The highest BCUT2D eigenvalue weighted by Gasteiger charge is 2.12. The summed E-state index contributed by atoms with van der Waals surface area (Å²) in [6.45, 7) is 2.91. The number of rotatable bonds is 5. The average molecular weight is 346 g/mol. The predicted molar refractivity (Wildman–Crippen MR) is 99.8 cm³/mol. The highest BCUT2D eigenvalue weighted by molar-refractivity contribution is 5.74. The number of ether oxygens (including phenoxy) is 1. The first-order valence-corrected chi connectivity index (χ1v) is 8.47. The minimum absolute atomic E-state index is 0.122. The fraction of sp³-hybridized carbons (Fsp3) is 0.150. The van der Waals surface area contributed by atoms with Crippen molar-refractivity contribution in [3.63, 3.8) is 0 Å². The minimum atomic E-state index is -0.122. The molecule has 0 radical (unpaired) electrons. The van der Waals surface area contributed by atoms with Gasteiger partial charge in [-0.2, -0.15) is 5.10 Å². The Kier molecular flexibility index (Phi) is 4.23. The molecular weight excluding hydrogens is 328 g/mol. The number of benzene rings is 2. The van der Waals surface area contributed by atoms with Crippen molar-refractivity contribution in [2.24, 2.45) is 0 Å². The smallest absolute Gasteiger partial charge is 0.264 e. The topological polar surface area (TPSA) is 61.9 Å². The van der Waals surface area contributed by atoms with E-state index in [1.54, 1.807) is 21.8 Å². The Labute approximate surface area is 150 Å². The van der Waals surface area contributed by atoms with E-state index in [2.05, 4.69) is 10.1 Å². The van der Waals surface area contributed by atoms with E-state index in [1.165, 1.54) is 0 Å². The summed E-state index contributed by atoms with van der Waals surface area (Å²) in [5.74, 6) is 0.780. The summed E-state index contributed by atoms with van der Waals surface area (Å²) in [5.41, 5.74) is 2.24. The second-order valence-electron chi connectivity index (χ2n) is 5.85. The zero-order valence-electron chi connectivity index (χ0n) is 14.4. The summed E-state index contributed by atoms with van der Waals surface area (Å²) in [6, 6.07) is 17.4. The van der Waals surface area contributed by atoms with Crippen LogP contribution >= 0.6 is 0 Å². The van der Waals surface area contributed by atoms with Crippen LogP contribution in [0, 0.1) is 0 Å². The first-order chi connectivity index (χ1) is 12.8. The van der Waals surface area contributed by atoms with Crippen LogP contribution in [0.1, 0.15) is 12.5 Å². The van der Waals surface area contributed by atoms with Gasteiger partial charge in [0.1, 0.15) is 17.5 Å². The number of nitrogens with zero attached hydrogens (tertiary/aromatic N) is 4. The van der Waals surface area contributed by atoms with Crippen LogP contribution in [0.5, 0.6) is 5.75 Å². The molecule has 4 aromatic rings. The largest absolute Gasteiger partial charge is 0.494 e. The maximum atomic E-state index is 12.9. The Hall–Kier alpha value is -3.41. The molecule has 0 saturated carbocycles. The van der Waals surface area contributed by atoms with Crippen LogP contribution < -0.4 is 10.3 Å². The Morgan fingerprint density at radius 2 is 1.81 bits per heavy atom. The molecule has 0 fully saturated rings. The van der Waals surface area contributed by atoms with E-state index in [9.17, 15) is 4.79 Å². The molecule has 130 valence electrons. The van der Waals surface area contributed by atoms with Gasteiger partial charge < -0.3 is 4.74 Å². The second kappa shape index (κ2) is 6.84. The van der Waals surface area contributed by atoms with Gasteiger partial charge in [-0.15, -0.1) is 0 Å². The fourth-order valence-electron chi connectivity index (χ4n) is 2.93. The average Bonchev–Trinajstić information content (AvgIpc) is 3.11. The van der Waals surface area contributed by atoms with Crippen molar-refractivity contribution in [1.29, 1.82) is 0 Å². The minimum Gasteiger partial charge on any atom is -0.494 e. The quantitative estimate of drug-likeness (QED) is 0.557. The van der Waals surface area contributed by atoms with Gasteiger partial charge >= 0.3 is 0 Å². The lowest BCUT2D eigenvalue weighted by Gasteiger charge is -2.11. The first-order valence-electron chi connectivity index (χ1n) is 8.47. The normalized spacial score (nSPS) is 11.0. The number of para-hydroxylation sites is 2. The summed E-state index contributed by atoms with van der Waals surface area (Å²) in [4.78, 5) is 17.3.